The molecule has 0 saturated carbocycles. The van der Waals surface area contributed by atoms with Gasteiger partial charge in [-0.15, -0.1) is 0 Å². The van der Waals surface area contributed by atoms with Gasteiger partial charge in [0.1, 0.15) is 5.69 Å². The zero-order valence-corrected chi connectivity index (χ0v) is 7.31. The smallest absolute Gasteiger partial charge is 0.350 e. The highest BCUT2D eigenvalue weighted by Gasteiger charge is 2.34. The molecule has 0 atom stereocenters. The lowest BCUT2D eigenvalue weighted by molar-refractivity contribution is -0.141. The molecule has 0 spiro atoms. The van der Waals surface area contributed by atoms with Crippen molar-refractivity contribution in [2.75, 3.05) is 0 Å². The maximum atomic E-state index is 12.4. The van der Waals surface area contributed by atoms with Crippen LogP contribution in [0.1, 0.15) is 11.3 Å². The van der Waals surface area contributed by atoms with Gasteiger partial charge in [-0.05, 0) is 18.6 Å². The second-order valence-corrected chi connectivity index (χ2v) is 3.04. The van der Waals surface area contributed by atoms with E-state index in [9.17, 15) is 13.2 Å². The van der Waals surface area contributed by atoms with Gasteiger partial charge in [0.2, 0.25) is 0 Å². The zero-order chi connectivity index (χ0) is 10.3. The number of rotatable bonds is 0. The minimum absolute atomic E-state index is 0.218. The summed E-state index contributed by atoms with van der Waals surface area (Å²) in [5.74, 6) is 0. The number of aryl methyl sites for hydroxylation is 1. The Balaban J connectivity index is 2.75. The average molecular weight is 200 g/mol. The van der Waals surface area contributed by atoms with Crippen LogP contribution in [0.25, 0.3) is 10.9 Å². The van der Waals surface area contributed by atoms with Crippen LogP contribution in [0.5, 0.6) is 0 Å². The number of aromatic nitrogens is 2. The summed E-state index contributed by atoms with van der Waals surface area (Å²) >= 11 is 0. The van der Waals surface area contributed by atoms with Gasteiger partial charge in [-0.2, -0.15) is 13.2 Å². The highest BCUT2D eigenvalue weighted by molar-refractivity contribution is 5.83. The van der Waals surface area contributed by atoms with Gasteiger partial charge in [0.15, 0.2) is 0 Å². The first-order valence-electron chi connectivity index (χ1n) is 3.99. The number of aromatic amines is 1. The Morgan fingerprint density at radius 2 is 2.07 bits per heavy atom. The quantitative estimate of drug-likeness (QED) is 0.695. The van der Waals surface area contributed by atoms with E-state index in [1.165, 1.54) is 19.3 Å². The van der Waals surface area contributed by atoms with Crippen molar-refractivity contribution < 1.29 is 13.2 Å². The monoisotopic (exact) mass is 200 g/mol. The van der Waals surface area contributed by atoms with Crippen LogP contribution in [0.3, 0.4) is 0 Å². The molecule has 2 heterocycles. The number of halogens is 3. The third kappa shape index (κ3) is 1.25. The molecule has 2 nitrogen and oxygen atoms in total. The predicted octanol–water partition coefficient (Wildman–Crippen LogP) is 2.89. The van der Waals surface area contributed by atoms with Crippen molar-refractivity contribution in [3.05, 3.63) is 29.7 Å². The molecular weight excluding hydrogens is 193 g/mol. The van der Waals surface area contributed by atoms with Crippen molar-refractivity contribution in [3.63, 3.8) is 0 Å². The number of nitrogens with zero attached hydrogens (tertiary/aromatic N) is 1. The molecule has 0 fully saturated rings. The summed E-state index contributed by atoms with van der Waals surface area (Å²) in [7, 11) is 0. The van der Waals surface area contributed by atoms with Gasteiger partial charge in [0.25, 0.3) is 0 Å². The molecule has 1 N–H and O–H groups in total. The molecule has 14 heavy (non-hydrogen) atoms. The summed E-state index contributed by atoms with van der Waals surface area (Å²) < 4.78 is 37.3. The zero-order valence-electron chi connectivity index (χ0n) is 7.31. The van der Waals surface area contributed by atoms with Gasteiger partial charge >= 0.3 is 6.18 Å². The van der Waals surface area contributed by atoms with E-state index in [-0.39, 0.29) is 5.56 Å². The van der Waals surface area contributed by atoms with E-state index >= 15 is 0 Å². The van der Waals surface area contributed by atoms with Gasteiger partial charge in [-0.25, -0.2) is 0 Å². The van der Waals surface area contributed by atoms with E-state index in [2.05, 4.69) is 9.97 Å². The van der Waals surface area contributed by atoms with Crippen molar-refractivity contribution in [1.29, 1.82) is 0 Å². The minimum Gasteiger partial charge on any atom is -0.350 e. The topological polar surface area (TPSA) is 28.7 Å². The maximum absolute atomic E-state index is 12.4. The standard InChI is InChI=1S/C9H7F3N2/c1-5-6-2-3-13-4-7(6)14-8(5)9(10,11)12/h2-4,14H,1H3. The molecular formula is C9H7F3N2. The lowest BCUT2D eigenvalue weighted by Gasteiger charge is -2.03. The fourth-order valence-electron chi connectivity index (χ4n) is 1.47. The highest BCUT2D eigenvalue weighted by atomic mass is 19.4. The fourth-order valence-corrected chi connectivity index (χ4v) is 1.47. The average Bonchev–Trinajstić information content (AvgIpc) is 2.44. The SMILES string of the molecule is Cc1c(C(F)(F)F)[nH]c2cnccc12. The van der Waals surface area contributed by atoms with Crippen molar-refractivity contribution >= 4 is 10.9 Å². The van der Waals surface area contributed by atoms with Crippen molar-refractivity contribution in [3.8, 4) is 0 Å². The summed E-state index contributed by atoms with van der Waals surface area (Å²) in [6.07, 6.45) is -1.47. The molecule has 0 aliphatic heterocycles. The van der Waals surface area contributed by atoms with Crippen molar-refractivity contribution in [2.24, 2.45) is 0 Å². The molecule has 0 aliphatic carbocycles. The summed E-state index contributed by atoms with van der Waals surface area (Å²) in [5.41, 5.74) is -0.0623. The van der Waals surface area contributed by atoms with Crippen LogP contribution in [0.4, 0.5) is 13.2 Å². The Morgan fingerprint density at radius 1 is 1.36 bits per heavy atom. The van der Waals surface area contributed by atoms with E-state index in [4.69, 9.17) is 0 Å². The van der Waals surface area contributed by atoms with Crippen LogP contribution in [-0.4, -0.2) is 9.97 Å². The summed E-state index contributed by atoms with van der Waals surface area (Å²) in [6, 6.07) is 1.57. The number of nitrogens with one attached hydrogen (secondary N) is 1. The molecule has 0 radical (unpaired) electrons. The van der Waals surface area contributed by atoms with Crippen LogP contribution < -0.4 is 0 Å². The third-order valence-electron chi connectivity index (χ3n) is 2.14. The van der Waals surface area contributed by atoms with Crippen LogP contribution in [0.15, 0.2) is 18.5 Å². The molecule has 2 aromatic heterocycles. The van der Waals surface area contributed by atoms with E-state index in [0.29, 0.717) is 10.9 Å². The molecule has 2 rings (SSSR count). The maximum Gasteiger partial charge on any atom is 0.431 e. The molecule has 0 aliphatic rings. The van der Waals surface area contributed by atoms with Gasteiger partial charge in [0.05, 0.1) is 11.7 Å². The normalized spacial score (nSPS) is 12.3. The number of hydrogen-bond donors (Lipinski definition) is 1. The number of fused-ring (bicyclic) bond motifs is 1. The van der Waals surface area contributed by atoms with Crippen LogP contribution >= 0.6 is 0 Å². The second kappa shape index (κ2) is 2.73. The Labute approximate surface area is 77.8 Å². The van der Waals surface area contributed by atoms with E-state index in [1.807, 2.05) is 0 Å². The van der Waals surface area contributed by atoms with Gasteiger partial charge in [0, 0.05) is 11.6 Å². The first-order chi connectivity index (χ1) is 6.50. The first kappa shape index (κ1) is 9.05. The molecule has 0 unspecified atom stereocenters. The van der Waals surface area contributed by atoms with Gasteiger partial charge < -0.3 is 4.98 Å². The first-order valence-corrected chi connectivity index (χ1v) is 3.99. The summed E-state index contributed by atoms with van der Waals surface area (Å²) in [6.45, 7) is 1.45. The summed E-state index contributed by atoms with van der Waals surface area (Å²) in [5, 5.41) is 0.562. The summed E-state index contributed by atoms with van der Waals surface area (Å²) in [4.78, 5) is 6.07. The number of pyridine rings is 1. The van der Waals surface area contributed by atoms with Crippen molar-refractivity contribution in [2.45, 2.75) is 13.1 Å². The Bertz CT molecular complexity index is 470. The largest absolute Gasteiger partial charge is 0.431 e. The molecule has 2 aromatic rings. The second-order valence-electron chi connectivity index (χ2n) is 3.04. The molecule has 0 aromatic carbocycles. The minimum atomic E-state index is -4.33. The van der Waals surface area contributed by atoms with Gasteiger partial charge in [-0.1, -0.05) is 0 Å². The van der Waals surface area contributed by atoms with Crippen LogP contribution in [-0.2, 0) is 6.18 Å². The number of alkyl halides is 3. The van der Waals surface area contributed by atoms with E-state index in [0.717, 1.165) is 0 Å². The lowest BCUT2D eigenvalue weighted by atomic mass is 10.2. The van der Waals surface area contributed by atoms with E-state index in [1.54, 1.807) is 6.07 Å². The van der Waals surface area contributed by atoms with Crippen LogP contribution in [0, 0.1) is 6.92 Å². The van der Waals surface area contributed by atoms with Crippen molar-refractivity contribution in [1.82, 2.24) is 9.97 Å². The predicted molar refractivity (Wildman–Crippen MR) is 45.8 cm³/mol. The molecule has 0 saturated heterocycles. The van der Waals surface area contributed by atoms with Gasteiger partial charge in [-0.3, -0.25) is 4.98 Å². The Morgan fingerprint density at radius 3 is 2.64 bits per heavy atom. The van der Waals surface area contributed by atoms with Crippen LogP contribution in [0.2, 0.25) is 0 Å². The molecule has 5 heteroatoms. The Hall–Kier alpha value is -1.52. The molecule has 0 amide bonds. The molecule has 74 valence electrons. The third-order valence-corrected chi connectivity index (χ3v) is 2.14. The Kier molecular flexibility index (Phi) is 1.77. The van der Waals surface area contributed by atoms with E-state index < -0.39 is 11.9 Å². The molecule has 0 bridgehead atoms. The lowest BCUT2D eigenvalue weighted by Crippen LogP contribution is -2.06. The fraction of sp³-hybridized carbons (Fsp3) is 0.222. The highest BCUT2D eigenvalue weighted by Crippen LogP contribution is 2.34. The number of H-pyrrole nitrogens is 1. The number of hydrogen-bond acceptors (Lipinski definition) is 1.